The number of nitro groups is 1. The highest BCUT2D eigenvalue weighted by molar-refractivity contribution is 6.35. The van der Waals surface area contributed by atoms with Gasteiger partial charge in [0.05, 0.1) is 18.2 Å². The van der Waals surface area contributed by atoms with E-state index in [1.165, 1.54) is 18.3 Å². The van der Waals surface area contributed by atoms with Crippen LogP contribution in [-0.2, 0) is 24.5 Å². The number of nitro benzene ring substituents is 1. The van der Waals surface area contributed by atoms with Gasteiger partial charge < -0.3 is 14.3 Å². The van der Waals surface area contributed by atoms with Crippen LogP contribution in [-0.4, -0.2) is 18.2 Å². The van der Waals surface area contributed by atoms with E-state index in [1.807, 2.05) is 12.1 Å². The van der Waals surface area contributed by atoms with Gasteiger partial charge in [-0.1, -0.05) is 52.6 Å². The monoisotopic (exact) mass is 500 g/mol. The average Bonchev–Trinajstić information content (AvgIpc) is 2.82. The first-order chi connectivity index (χ1) is 16.4. The van der Waals surface area contributed by atoms with Crippen molar-refractivity contribution >= 4 is 35.1 Å². The van der Waals surface area contributed by atoms with Crippen molar-refractivity contribution < 1.29 is 19.2 Å². The molecule has 176 valence electrons. The largest absolute Gasteiger partial charge is 0.493 e. The molecule has 0 radical (unpaired) electrons. The smallest absolute Gasteiger partial charge is 0.269 e. The number of halogens is 2. The lowest BCUT2D eigenvalue weighted by Crippen LogP contribution is -2.03. The van der Waals surface area contributed by atoms with Gasteiger partial charge in [-0.3, -0.25) is 10.1 Å². The number of oxime groups is 1. The maximum Gasteiger partial charge on any atom is 0.269 e. The first-order valence-electron chi connectivity index (χ1n) is 10.2. The number of benzene rings is 3. The van der Waals surface area contributed by atoms with Gasteiger partial charge in [0.2, 0.25) is 0 Å². The van der Waals surface area contributed by atoms with E-state index in [2.05, 4.69) is 11.7 Å². The molecule has 0 bridgehead atoms. The zero-order chi connectivity index (χ0) is 24.5. The number of non-ortho nitro benzene ring substituents is 1. The molecule has 9 heteroatoms. The fraction of sp³-hybridized carbons (Fsp3) is 0.160. The minimum atomic E-state index is -0.454. The molecule has 3 aromatic carbocycles. The number of hydrogen-bond donors (Lipinski definition) is 0. The van der Waals surface area contributed by atoms with Crippen molar-refractivity contribution in [2.45, 2.75) is 19.6 Å². The van der Waals surface area contributed by atoms with Gasteiger partial charge in [0.25, 0.3) is 5.69 Å². The molecule has 0 fully saturated rings. The lowest BCUT2D eigenvalue weighted by molar-refractivity contribution is -0.384. The molecule has 0 spiro atoms. The fourth-order valence-electron chi connectivity index (χ4n) is 3.14. The van der Waals surface area contributed by atoms with E-state index in [0.29, 0.717) is 33.5 Å². The Morgan fingerprint density at radius 3 is 2.62 bits per heavy atom. The maximum atomic E-state index is 10.9. The van der Waals surface area contributed by atoms with Crippen molar-refractivity contribution in [3.8, 4) is 11.5 Å². The van der Waals surface area contributed by atoms with Gasteiger partial charge >= 0.3 is 0 Å². The van der Waals surface area contributed by atoms with E-state index in [1.54, 1.807) is 43.5 Å². The minimum absolute atomic E-state index is 0.000593. The van der Waals surface area contributed by atoms with Gasteiger partial charge in [-0.05, 0) is 36.2 Å². The average molecular weight is 501 g/mol. The van der Waals surface area contributed by atoms with Gasteiger partial charge in [-0.2, -0.15) is 0 Å². The number of allylic oxidation sites excluding steroid dienone is 1. The van der Waals surface area contributed by atoms with Crippen LogP contribution in [0.25, 0.3) is 0 Å². The van der Waals surface area contributed by atoms with E-state index >= 15 is 0 Å². The highest BCUT2D eigenvalue weighted by Gasteiger charge is 2.14. The van der Waals surface area contributed by atoms with Crippen molar-refractivity contribution in [2.75, 3.05) is 7.11 Å². The predicted octanol–water partition coefficient (Wildman–Crippen LogP) is 6.77. The topological polar surface area (TPSA) is 83.2 Å². The van der Waals surface area contributed by atoms with E-state index in [-0.39, 0.29) is 18.9 Å². The van der Waals surface area contributed by atoms with Crippen LogP contribution >= 0.6 is 23.2 Å². The Morgan fingerprint density at radius 2 is 1.91 bits per heavy atom. The third kappa shape index (κ3) is 6.73. The Kier molecular flexibility index (Phi) is 8.90. The van der Waals surface area contributed by atoms with Gasteiger partial charge in [0, 0.05) is 38.9 Å². The number of nitrogens with zero attached hydrogens (tertiary/aromatic N) is 2. The molecule has 0 aromatic heterocycles. The molecular formula is C25H22Cl2N2O5. The summed E-state index contributed by atoms with van der Waals surface area (Å²) in [6.07, 6.45) is 3.83. The number of rotatable bonds is 11. The second-order valence-electron chi connectivity index (χ2n) is 7.16. The summed E-state index contributed by atoms with van der Waals surface area (Å²) in [6, 6.07) is 15.1. The molecule has 3 aromatic rings. The summed E-state index contributed by atoms with van der Waals surface area (Å²) in [5, 5.41) is 15.9. The molecule has 0 aliphatic rings. The molecule has 0 aliphatic carbocycles. The molecule has 0 amide bonds. The molecule has 0 heterocycles. The van der Waals surface area contributed by atoms with Crippen molar-refractivity contribution in [3.05, 3.63) is 110 Å². The molecule has 0 N–H and O–H groups in total. The van der Waals surface area contributed by atoms with Crippen LogP contribution in [0, 0.1) is 10.1 Å². The maximum absolute atomic E-state index is 10.9. The Balaban J connectivity index is 1.74. The lowest BCUT2D eigenvalue weighted by atomic mass is 10.1. The molecule has 7 nitrogen and oxygen atoms in total. The second-order valence-corrected chi connectivity index (χ2v) is 8.01. The number of ether oxygens (including phenoxy) is 2. The minimum Gasteiger partial charge on any atom is -0.493 e. The molecule has 34 heavy (non-hydrogen) atoms. The van der Waals surface area contributed by atoms with Gasteiger partial charge in [-0.15, -0.1) is 6.58 Å². The van der Waals surface area contributed by atoms with E-state index in [0.717, 1.165) is 16.7 Å². The molecule has 0 unspecified atom stereocenters. The Bertz CT molecular complexity index is 1210. The summed E-state index contributed by atoms with van der Waals surface area (Å²) >= 11 is 12.2. The third-order valence-corrected chi connectivity index (χ3v) is 5.34. The van der Waals surface area contributed by atoms with Gasteiger partial charge in [-0.25, -0.2) is 0 Å². The van der Waals surface area contributed by atoms with Crippen molar-refractivity contribution in [3.63, 3.8) is 0 Å². The fourth-order valence-corrected chi connectivity index (χ4v) is 3.60. The van der Waals surface area contributed by atoms with Crippen LogP contribution in [0.15, 0.2) is 72.4 Å². The van der Waals surface area contributed by atoms with Crippen LogP contribution in [0.4, 0.5) is 5.69 Å². The molecular weight excluding hydrogens is 479 g/mol. The number of methoxy groups -OCH3 is 1. The molecule has 0 aliphatic heterocycles. The van der Waals surface area contributed by atoms with E-state index < -0.39 is 4.92 Å². The van der Waals surface area contributed by atoms with Crippen LogP contribution in [0.1, 0.15) is 22.3 Å². The zero-order valence-electron chi connectivity index (χ0n) is 18.4. The summed E-state index contributed by atoms with van der Waals surface area (Å²) in [5.41, 5.74) is 3.00. The quantitative estimate of drug-likeness (QED) is 0.125. The zero-order valence-corrected chi connectivity index (χ0v) is 19.9. The van der Waals surface area contributed by atoms with Gasteiger partial charge in [0.15, 0.2) is 11.5 Å². The van der Waals surface area contributed by atoms with E-state index in [9.17, 15) is 10.1 Å². The highest BCUT2D eigenvalue weighted by Crippen LogP contribution is 2.34. The van der Waals surface area contributed by atoms with Crippen molar-refractivity contribution in [1.82, 2.24) is 0 Å². The standard InChI is InChI=1S/C25H22Cl2N2O5/c1-3-5-19-10-18(14-28-34-15-17-6-4-7-22(11-17)29(30)31)12-24(32-2)25(19)33-16-20-8-9-21(26)13-23(20)27/h3-4,6-14H,1,5,15-16H2,2H3/b28-14-. The van der Waals surface area contributed by atoms with E-state index in [4.69, 9.17) is 37.5 Å². The summed E-state index contributed by atoms with van der Waals surface area (Å²) < 4.78 is 11.6. The second kappa shape index (κ2) is 12.1. The SMILES string of the molecule is C=CCc1cc(/C=N\OCc2cccc([N+](=O)[O-])c2)cc(OC)c1OCc1ccc(Cl)cc1Cl. The Hall–Kier alpha value is -3.55. The Labute approximate surface area is 207 Å². The summed E-state index contributed by atoms with van der Waals surface area (Å²) in [4.78, 5) is 15.8. The summed E-state index contributed by atoms with van der Waals surface area (Å²) in [6.45, 7) is 4.14. The van der Waals surface area contributed by atoms with Crippen LogP contribution in [0.3, 0.4) is 0 Å². The summed E-state index contributed by atoms with van der Waals surface area (Å²) in [5.74, 6) is 1.09. The van der Waals surface area contributed by atoms with Crippen molar-refractivity contribution in [1.29, 1.82) is 0 Å². The normalized spacial score (nSPS) is 10.8. The predicted molar refractivity (Wildman–Crippen MR) is 133 cm³/mol. The first kappa shape index (κ1) is 25.1. The Morgan fingerprint density at radius 1 is 1.09 bits per heavy atom. The molecule has 0 atom stereocenters. The summed E-state index contributed by atoms with van der Waals surface area (Å²) in [7, 11) is 1.55. The number of hydrogen-bond acceptors (Lipinski definition) is 6. The lowest BCUT2D eigenvalue weighted by Gasteiger charge is -2.16. The molecule has 0 saturated carbocycles. The van der Waals surface area contributed by atoms with Crippen LogP contribution in [0.2, 0.25) is 10.0 Å². The highest BCUT2D eigenvalue weighted by atomic mass is 35.5. The van der Waals surface area contributed by atoms with Crippen molar-refractivity contribution in [2.24, 2.45) is 5.16 Å². The third-order valence-electron chi connectivity index (χ3n) is 4.75. The molecule has 3 rings (SSSR count). The first-order valence-corrected chi connectivity index (χ1v) is 10.9. The molecule has 0 saturated heterocycles. The van der Waals surface area contributed by atoms with Crippen LogP contribution < -0.4 is 9.47 Å². The van der Waals surface area contributed by atoms with Gasteiger partial charge in [0.1, 0.15) is 13.2 Å². The van der Waals surface area contributed by atoms with Crippen LogP contribution in [0.5, 0.6) is 11.5 Å².